The molecule has 0 saturated carbocycles. The van der Waals surface area contributed by atoms with Crippen LogP contribution in [-0.2, 0) is 6.54 Å². The average molecular weight is 385 g/mol. The monoisotopic (exact) mass is 385 g/mol. The molecule has 0 bridgehead atoms. The fraction of sp³-hybridized carbons (Fsp3) is 0.238. The number of hydrogen-bond acceptors (Lipinski definition) is 6. The van der Waals surface area contributed by atoms with Gasteiger partial charge < -0.3 is 10.1 Å². The third-order valence-corrected chi connectivity index (χ3v) is 5.00. The van der Waals surface area contributed by atoms with E-state index in [9.17, 15) is 10.5 Å². The number of nitrogens with one attached hydrogen (secondary N) is 2. The van der Waals surface area contributed by atoms with Crippen LogP contribution in [0.25, 0.3) is 10.9 Å². The maximum absolute atomic E-state index is 9.70. The van der Waals surface area contributed by atoms with E-state index in [1.54, 1.807) is 10.9 Å². The zero-order valence-corrected chi connectivity index (χ0v) is 16.1. The summed E-state index contributed by atoms with van der Waals surface area (Å²) in [4.78, 5) is 0. The van der Waals surface area contributed by atoms with Gasteiger partial charge in [0.2, 0.25) is 5.88 Å². The molecule has 0 fully saturated rings. The third kappa shape index (κ3) is 3.32. The largest absolute Gasteiger partial charge is 0.474 e. The van der Waals surface area contributed by atoms with Crippen LogP contribution in [0.5, 0.6) is 5.88 Å². The number of ether oxygens (including phenoxy) is 1. The van der Waals surface area contributed by atoms with Crippen molar-refractivity contribution in [3.8, 4) is 18.0 Å². The van der Waals surface area contributed by atoms with E-state index in [4.69, 9.17) is 4.74 Å². The number of hydrogen-bond donors (Lipinski definition) is 2. The van der Waals surface area contributed by atoms with Gasteiger partial charge in [0, 0.05) is 23.8 Å². The lowest BCUT2D eigenvalue weighted by molar-refractivity contribution is 0.283. The van der Waals surface area contributed by atoms with E-state index in [1.807, 2.05) is 44.3 Å². The maximum atomic E-state index is 9.70. The summed E-state index contributed by atoms with van der Waals surface area (Å²) in [6, 6.07) is 12.1. The average Bonchev–Trinajstić information content (AvgIpc) is 3.37. The molecule has 3 heterocycles. The number of fused-ring (bicyclic) bond motifs is 1. The Kier molecular flexibility index (Phi) is 4.76. The van der Waals surface area contributed by atoms with Gasteiger partial charge in [0.15, 0.2) is 0 Å². The second kappa shape index (κ2) is 7.53. The molecule has 3 aromatic rings. The zero-order valence-electron chi connectivity index (χ0n) is 16.1. The Morgan fingerprint density at radius 2 is 1.93 bits per heavy atom. The van der Waals surface area contributed by atoms with Crippen LogP contribution < -0.4 is 10.1 Å². The highest BCUT2D eigenvalue weighted by molar-refractivity contribution is 5.85. The first-order chi connectivity index (χ1) is 14.1. The van der Waals surface area contributed by atoms with Gasteiger partial charge in [-0.25, -0.2) is 0 Å². The van der Waals surface area contributed by atoms with Crippen LogP contribution in [0, 0.1) is 22.7 Å². The molecule has 1 aromatic carbocycles. The summed E-state index contributed by atoms with van der Waals surface area (Å²) < 4.78 is 7.64. The van der Waals surface area contributed by atoms with Crippen LogP contribution in [0.15, 0.2) is 59.2 Å². The van der Waals surface area contributed by atoms with Gasteiger partial charge in [0.1, 0.15) is 6.61 Å². The standard InChI is InChI=1S/C21H19N7O/c1-13-17(11-22)20(18(12-23)14(2)25-13)15-4-5-19-16(10-15)21(27-26-19)29-9-8-28-7-3-6-24-28/h3-7,10,20,25H,8-9H2,1-2H3,(H,26,27). The fourth-order valence-corrected chi connectivity index (χ4v) is 3.59. The number of nitrogens with zero attached hydrogens (tertiary/aromatic N) is 5. The highest BCUT2D eigenvalue weighted by atomic mass is 16.5. The summed E-state index contributed by atoms with van der Waals surface area (Å²) in [7, 11) is 0. The van der Waals surface area contributed by atoms with Crippen molar-refractivity contribution in [2.75, 3.05) is 6.61 Å². The van der Waals surface area contributed by atoms with Gasteiger partial charge in [-0.05, 0) is 37.6 Å². The number of rotatable bonds is 5. The van der Waals surface area contributed by atoms with Gasteiger partial charge in [0.05, 0.1) is 46.7 Å². The van der Waals surface area contributed by atoms with Gasteiger partial charge in [-0.15, -0.1) is 5.10 Å². The molecule has 0 saturated heterocycles. The molecule has 144 valence electrons. The summed E-state index contributed by atoms with van der Waals surface area (Å²) in [5.41, 5.74) is 4.28. The van der Waals surface area contributed by atoms with E-state index in [0.717, 1.165) is 27.9 Å². The molecule has 0 amide bonds. The number of H-pyrrole nitrogens is 1. The first-order valence-electron chi connectivity index (χ1n) is 9.19. The summed E-state index contributed by atoms with van der Waals surface area (Å²) in [6.07, 6.45) is 3.59. The lowest BCUT2D eigenvalue weighted by Gasteiger charge is -2.26. The second-order valence-corrected chi connectivity index (χ2v) is 6.81. The smallest absolute Gasteiger partial charge is 0.240 e. The van der Waals surface area contributed by atoms with Gasteiger partial charge in [-0.3, -0.25) is 9.78 Å². The van der Waals surface area contributed by atoms with Gasteiger partial charge in [-0.2, -0.15) is 15.6 Å². The van der Waals surface area contributed by atoms with E-state index in [-0.39, 0.29) is 0 Å². The SMILES string of the molecule is CC1=C(C#N)C(c2ccc3[nH]nc(OCCn4cccn4)c3c2)C(C#N)=C(C)N1. The molecule has 0 spiro atoms. The molecular weight excluding hydrogens is 366 g/mol. The normalized spacial score (nSPS) is 14.6. The van der Waals surface area contributed by atoms with E-state index < -0.39 is 5.92 Å². The van der Waals surface area contributed by atoms with Crippen molar-refractivity contribution in [1.29, 1.82) is 10.5 Å². The summed E-state index contributed by atoms with van der Waals surface area (Å²) >= 11 is 0. The molecule has 8 nitrogen and oxygen atoms in total. The summed E-state index contributed by atoms with van der Waals surface area (Å²) in [5.74, 6) is 0.0730. The van der Waals surface area contributed by atoms with E-state index in [2.05, 4.69) is 32.8 Å². The molecule has 2 N–H and O–H groups in total. The number of benzene rings is 1. The Morgan fingerprint density at radius 3 is 2.59 bits per heavy atom. The molecule has 0 unspecified atom stereocenters. The molecular formula is C21H19N7O. The Balaban J connectivity index is 1.68. The molecule has 1 aliphatic heterocycles. The third-order valence-electron chi connectivity index (χ3n) is 5.00. The number of nitriles is 2. The van der Waals surface area contributed by atoms with Crippen LogP contribution in [-0.4, -0.2) is 26.6 Å². The Labute approximate surface area is 167 Å². The van der Waals surface area contributed by atoms with Crippen LogP contribution >= 0.6 is 0 Å². The maximum Gasteiger partial charge on any atom is 0.240 e. The Hall–Kier alpha value is -4.04. The molecule has 29 heavy (non-hydrogen) atoms. The fourth-order valence-electron chi connectivity index (χ4n) is 3.59. The molecule has 2 aromatic heterocycles. The van der Waals surface area contributed by atoms with Crippen LogP contribution in [0.4, 0.5) is 0 Å². The molecule has 0 radical (unpaired) electrons. The topological polar surface area (TPSA) is 115 Å². The Bertz CT molecular complexity index is 1170. The van der Waals surface area contributed by atoms with Crippen molar-refractivity contribution in [2.45, 2.75) is 26.3 Å². The van der Waals surface area contributed by atoms with Gasteiger partial charge >= 0.3 is 0 Å². The second-order valence-electron chi connectivity index (χ2n) is 6.81. The highest BCUT2D eigenvalue weighted by Crippen LogP contribution is 2.39. The minimum atomic E-state index is -0.414. The lowest BCUT2D eigenvalue weighted by atomic mass is 9.81. The summed E-state index contributed by atoms with van der Waals surface area (Å²) in [5, 5.41) is 34.7. The van der Waals surface area contributed by atoms with Crippen LogP contribution in [0.3, 0.4) is 0 Å². The van der Waals surface area contributed by atoms with Crippen molar-refractivity contribution >= 4 is 10.9 Å². The lowest BCUT2D eigenvalue weighted by Crippen LogP contribution is -2.23. The van der Waals surface area contributed by atoms with E-state index in [0.29, 0.717) is 30.2 Å². The van der Waals surface area contributed by atoms with Crippen molar-refractivity contribution in [1.82, 2.24) is 25.3 Å². The van der Waals surface area contributed by atoms with Crippen LogP contribution in [0.1, 0.15) is 25.3 Å². The first-order valence-corrected chi connectivity index (χ1v) is 9.19. The predicted molar refractivity (Wildman–Crippen MR) is 106 cm³/mol. The number of dihydropyridines is 1. The van der Waals surface area contributed by atoms with Gasteiger partial charge in [0.25, 0.3) is 0 Å². The molecule has 4 rings (SSSR count). The quantitative estimate of drug-likeness (QED) is 0.697. The minimum Gasteiger partial charge on any atom is -0.474 e. The number of aromatic nitrogens is 4. The van der Waals surface area contributed by atoms with Crippen LogP contribution in [0.2, 0.25) is 0 Å². The molecule has 0 atom stereocenters. The van der Waals surface area contributed by atoms with Crippen molar-refractivity contribution in [3.63, 3.8) is 0 Å². The number of allylic oxidation sites excluding steroid dienone is 4. The van der Waals surface area contributed by atoms with E-state index in [1.165, 1.54) is 0 Å². The van der Waals surface area contributed by atoms with E-state index >= 15 is 0 Å². The molecule has 1 aliphatic rings. The Morgan fingerprint density at radius 1 is 1.17 bits per heavy atom. The number of aromatic amines is 1. The van der Waals surface area contributed by atoms with Crippen molar-refractivity contribution < 1.29 is 4.74 Å². The van der Waals surface area contributed by atoms with Gasteiger partial charge in [-0.1, -0.05) is 6.07 Å². The predicted octanol–water partition coefficient (Wildman–Crippen LogP) is 3.12. The minimum absolute atomic E-state index is 0.414. The highest BCUT2D eigenvalue weighted by Gasteiger charge is 2.29. The molecule has 0 aliphatic carbocycles. The zero-order chi connectivity index (χ0) is 20.4. The first kappa shape index (κ1) is 18.3. The summed E-state index contributed by atoms with van der Waals surface area (Å²) in [6.45, 7) is 4.73. The van der Waals surface area contributed by atoms with Crippen molar-refractivity contribution in [3.05, 3.63) is 64.8 Å². The van der Waals surface area contributed by atoms with Crippen molar-refractivity contribution in [2.24, 2.45) is 0 Å². The molecule has 8 heteroatoms.